The number of aliphatic hydroxyl groups is 4. The zero-order valence-electron chi connectivity index (χ0n) is 39.7. The first-order valence-electron chi connectivity index (χ1n) is 25.5. The number of hydrogen-bond donors (Lipinski definition) is 4. The Bertz CT molecular complexity index is 446. The molecule has 0 heterocycles. The molecule has 0 bridgehead atoms. The molecule has 0 atom stereocenters. The van der Waals surface area contributed by atoms with Crippen molar-refractivity contribution < 1.29 is 42.1 Å². The van der Waals surface area contributed by atoms with Gasteiger partial charge >= 0.3 is 0 Å². The summed E-state index contributed by atoms with van der Waals surface area (Å²) in [5.41, 5.74) is 0. The Morgan fingerprint density at radius 3 is 0.411 bits per heavy atom. The molecule has 0 radical (unpaired) electrons. The molecular formula is C51H110O4Ti. The third kappa shape index (κ3) is 86.4. The van der Waals surface area contributed by atoms with E-state index in [9.17, 15) is 0 Å². The maximum Gasteiger partial charge on any atom is 0.0483 e. The Morgan fingerprint density at radius 2 is 0.321 bits per heavy atom. The molecule has 0 saturated heterocycles. The fourth-order valence-corrected chi connectivity index (χ4v) is 6.92. The molecule has 56 heavy (non-hydrogen) atoms. The molecule has 0 aromatic rings. The van der Waals surface area contributed by atoms with E-state index in [2.05, 4.69) is 20.8 Å². The summed E-state index contributed by atoms with van der Waals surface area (Å²) in [5.74, 6) is 0. The molecule has 0 spiro atoms. The van der Waals surface area contributed by atoms with Gasteiger partial charge in [0, 0.05) is 47.6 Å². The van der Waals surface area contributed by atoms with E-state index < -0.39 is 0 Å². The summed E-state index contributed by atoms with van der Waals surface area (Å²) in [6.07, 6.45) is 57.4. The van der Waals surface area contributed by atoms with Crippen LogP contribution < -0.4 is 0 Å². The predicted molar refractivity (Wildman–Crippen MR) is 250 cm³/mol. The quantitative estimate of drug-likeness (QED) is 0.0365. The van der Waals surface area contributed by atoms with Crippen molar-refractivity contribution in [3.63, 3.8) is 0 Å². The minimum atomic E-state index is -0.167. The SMILES string of the molecule is CC(C)O.CCCCCCCCCCCCCCCCO.CCCCCCCCCCCCCCCCO.CCCCCCCCCCCCCCCCO.[Ti]. The number of rotatable bonds is 42. The van der Waals surface area contributed by atoms with E-state index >= 15 is 0 Å². The maximum absolute atomic E-state index is 8.64. The molecule has 4 N–H and O–H groups in total. The Kier molecular flexibility index (Phi) is 82.2. The van der Waals surface area contributed by atoms with Crippen molar-refractivity contribution in [1.29, 1.82) is 0 Å². The summed E-state index contributed by atoms with van der Waals surface area (Å²) >= 11 is 0. The van der Waals surface area contributed by atoms with Gasteiger partial charge in [-0.25, -0.2) is 0 Å². The fraction of sp³-hybridized carbons (Fsp3) is 1.00. The van der Waals surface area contributed by atoms with E-state index in [0.29, 0.717) is 19.8 Å². The monoisotopic (exact) mass is 835 g/mol. The van der Waals surface area contributed by atoms with Crippen LogP contribution in [0.2, 0.25) is 0 Å². The number of hydrogen-bond acceptors (Lipinski definition) is 4. The Labute approximate surface area is 370 Å². The first-order chi connectivity index (χ1) is 27.0. The molecule has 0 fully saturated rings. The smallest absolute Gasteiger partial charge is 0.0483 e. The van der Waals surface area contributed by atoms with Gasteiger partial charge in [-0.1, -0.05) is 271 Å². The van der Waals surface area contributed by atoms with Crippen molar-refractivity contribution in [1.82, 2.24) is 0 Å². The molecule has 0 amide bonds. The van der Waals surface area contributed by atoms with Crippen LogP contribution in [0.5, 0.6) is 0 Å². The zero-order valence-corrected chi connectivity index (χ0v) is 41.2. The van der Waals surface area contributed by atoms with Gasteiger partial charge in [-0.3, -0.25) is 0 Å². The van der Waals surface area contributed by atoms with E-state index in [1.807, 2.05) is 0 Å². The minimum absolute atomic E-state index is 0. The molecule has 0 aromatic carbocycles. The Balaban J connectivity index is -0.000000219. The second-order valence-corrected chi connectivity index (χ2v) is 17.1. The van der Waals surface area contributed by atoms with E-state index in [4.69, 9.17) is 20.4 Å². The maximum atomic E-state index is 8.64. The number of aliphatic hydroxyl groups excluding tert-OH is 4. The molecule has 342 valence electrons. The van der Waals surface area contributed by atoms with Crippen molar-refractivity contribution in [3.8, 4) is 0 Å². The standard InChI is InChI=1S/3C16H34O.C3H8O.Ti/c3*1-2-3-4-5-6-7-8-9-10-11-12-13-14-15-16-17;1-3(2)4;/h3*17H,2-16H2,1H3;3-4H,1-2H3;. The van der Waals surface area contributed by atoms with Crippen LogP contribution in [0.3, 0.4) is 0 Å². The summed E-state index contributed by atoms with van der Waals surface area (Å²) in [7, 11) is 0. The zero-order chi connectivity index (χ0) is 41.4. The number of unbranched alkanes of at least 4 members (excludes halogenated alkanes) is 39. The predicted octanol–water partition coefficient (Wildman–Crippen LogP) is 16.8. The van der Waals surface area contributed by atoms with Gasteiger partial charge in [0.25, 0.3) is 0 Å². The Hall–Kier alpha value is 0.554. The molecule has 5 heteroatoms. The van der Waals surface area contributed by atoms with Crippen molar-refractivity contribution in [3.05, 3.63) is 0 Å². The summed E-state index contributed by atoms with van der Waals surface area (Å²) in [6.45, 7) is 11.4. The third-order valence-corrected chi connectivity index (χ3v) is 10.5. The van der Waals surface area contributed by atoms with Gasteiger partial charge in [-0.2, -0.15) is 0 Å². The van der Waals surface area contributed by atoms with Crippen LogP contribution >= 0.6 is 0 Å². The van der Waals surface area contributed by atoms with Crippen molar-refractivity contribution in [2.45, 2.75) is 310 Å². The van der Waals surface area contributed by atoms with Crippen LogP contribution in [-0.4, -0.2) is 46.4 Å². The first kappa shape index (κ1) is 65.7. The molecule has 0 unspecified atom stereocenters. The van der Waals surface area contributed by atoms with Crippen molar-refractivity contribution in [2.24, 2.45) is 0 Å². The topological polar surface area (TPSA) is 80.9 Å². The average Bonchev–Trinajstić information content (AvgIpc) is 3.17. The summed E-state index contributed by atoms with van der Waals surface area (Å²) in [4.78, 5) is 0. The van der Waals surface area contributed by atoms with Crippen LogP contribution in [0.25, 0.3) is 0 Å². The fourth-order valence-electron chi connectivity index (χ4n) is 6.92. The molecule has 0 rings (SSSR count). The molecule has 0 aliphatic rings. The molecule has 4 nitrogen and oxygen atoms in total. The van der Waals surface area contributed by atoms with Gasteiger partial charge in [-0.05, 0) is 33.1 Å². The molecule has 0 aliphatic heterocycles. The van der Waals surface area contributed by atoms with Gasteiger partial charge in [0.15, 0.2) is 0 Å². The van der Waals surface area contributed by atoms with Crippen LogP contribution in [0.4, 0.5) is 0 Å². The first-order valence-corrected chi connectivity index (χ1v) is 25.5. The second-order valence-electron chi connectivity index (χ2n) is 17.1. The van der Waals surface area contributed by atoms with Crippen LogP contribution in [0, 0.1) is 0 Å². The molecule has 0 aromatic heterocycles. The third-order valence-electron chi connectivity index (χ3n) is 10.5. The van der Waals surface area contributed by atoms with E-state index in [1.54, 1.807) is 13.8 Å². The van der Waals surface area contributed by atoms with E-state index in [1.165, 1.54) is 250 Å². The van der Waals surface area contributed by atoms with Gasteiger partial charge in [0.2, 0.25) is 0 Å². The summed E-state index contributed by atoms with van der Waals surface area (Å²) in [5, 5.41) is 34.0. The van der Waals surface area contributed by atoms with Crippen molar-refractivity contribution in [2.75, 3.05) is 19.8 Å². The van der Waals surface area contributed by atoms with E-state index in [0.717, 1.165) is 19.3 Å². The minimum Gasteiger partial charge on any atom is -0.396 e. The second kappa shape index (κ2) is 70.1. The summed E-state index contributed by atoms with van der Waals surface area (Å²) < 4.78 is 0. The average molecular weight is 835 g/mol. The van der Waals surface area contributed by atoms with Gasteiger partial charge in [-0.15, -0.1) is 0 Å². The van der Waals surface area contributed by atoms with Gasteiger partial charge in [0.1, 0.15) is 0 Å². The van der Waals surface area contributed by atoms with E-state index in [-0.39, 0.29) is 27.8 Å². The normalized spacial score (nSPS) is 10.6. The molecule has 0 saturated carbocycles. The van der Waals surface area contributed by atoms with Gasteiger partial charge in [0.05, 0.1) is 0 Å². The van der Waals surface area contributed by atoms with Crippen LogP contribution in [-0.2, 0) is 21.7 Å². The van der Waals surface area contributed by atoms with Crippen LogP contribution in [0.15, 0.2) is 0 Å². The molecule has 0 aliphatic carbocycles. The molecular weight excluding hydrogens is 724 g/mol. The Morgan fingerprint density at radius 1 is 0.232 bits per heavy atom. The van der Waals surface area contributed by atoms with Crippen LogP contribution in [0.1, 0.15) is 304 Å². The van der Waals surface area contributed by atoms with Crippen molar-refractivity contribution >= 4 is 0 Å². The summed E-state index contributed by atoms with van der Waals surface area (Å²) in [6, 6.07) is 0. The van der Waals surface area contributed by atoms with Gasteiger partial charge < -0.3 is 20.4 Å². The largest absolute Gasteiger partial charge is 0.396 e.